The van der Waals surface area contributed by atoms with Crippen molar-refractivity contribution in [2.45, 2.75) is 84.7 Å². The second-order valence-corrected chi connectivity index (χ2v) is 12.6. The first kappa shape index (κ1) is 23.0. The molecular weight excluding hydrogens is 448 g/mol. The molecule has 188 valence electrons. The number of epoxide rings is 1. The first-order valence-electron chi connectivity index (χ1n) is 12.7. The zero-order chi connectivity index (χ0) is 25.2. The molecule has 7 heteroatoms. The maximum atomic E-state index is 13.7. The molecule has 2 aliphatic heterocycles. The van der Waals surface area contributed by atoms with Gasteiger partial charge in [-0.15, -0.1) is 0 Å². The Kier molecular flexibility index (Phi) is 4.38. The Labute approximate surface area is 205 Å². The van der Waals surface area contributed by atoms with Crippen molar-refractivity contribution in [2.75, 3.05) is 0 Å². The highest BCUT2D eigenvalue weighted by molar-refractivity contribution is 5.96. The number of ether oxygens (including phenoxy) is 3. The highest BCUT2D eigenvalue weighted by atomic mass is 16.7. The Bertz CT molecular complexity index is 1150. The number of carbonyl (C=O) groups excluding carboxylic acids is 3. The summed E-state index contributed by atoms with van der Waals surface area (Å²) in [7, 11) is 0. The lowest BCUT2D eigenvalue weighted by Gasteiger charge is -2.68. The third-order valence-corrected chi connectivity index (χ3v) is 10.8. The maximum absolute atomic E-state index is 13.7. The van der Waals surface area contributed by atoms with Crippen LogP contribution in [0.15, 0.2) is 35.2 Å². The summed E-state index contributed by atoms with van der Waals surface area (Å²) in [4.78, 5) is 39.4. The van der Waals surface area contributed by atoms with Crippen LogP contribution >= 0.6 is 0 Å². The molecule has 3 aliphatic carbocycles. The van der Waals surface area contributed by atoms with Crippen LogP contribution < -0.4 is 0 Å². The number of ketones is 1. The fourth-order valence-electron chi connectivity index (χ4n) is 9.22. The van der Waals surface area contributed by atoms with E-state index < -0.39 is 46.1 Å². The highest BCUT2D eigenvalue weighted by Crippen LogP contribution is 2.79. The topological polar surface area (TPSA) is 95.3 Å². The minimum atomic E-state index is -0.917. The predicted octanol–water partition coefficient (Wildman–Crippen LogP) is 4.56. The van der Waals surface area contributed by atoms with Crippen molar-refractivity contribution in [3.63, 3.8) is 0 Å². The molecular formula is C28H34O7. The van der Waals surface area contributed by atoms with Crippen molar-refractivity contribution in [3.05, 3.63) is 36.3 Å². The van der Waals surface area contributed by atoms with Gasteiger partial charge in [-0.2, -0.15) is 0 Å². The first-order chi connectivity index (χ1) is 16.3. The molecule has 5 aliphatic rings. The van der Waals surface area contributed by atoms with Gasteiger partial charge < -0.3 is 18.6 Å². The summed E-state index contributed by atoms with van der Waals surface area (Å²) in [5.41, 5.74) is -2.37. The summed E-state index contributed by atoms with van der Waals surface area (Å²) in [6.07, 6.45) is 7.12. The zero-order valence-corrected chi connectivity index (χ0v) is 21.3. The fourth-order valence-corrected chi connectivity index (χ4v) is 9.22. The molecule has 35 heavy (non-hydrogen) atoms. The molecule has 6 rings (SSSR count). The molecule has 0 radical (unpaired) electrons. The molecule has 7 nitrogen and oxygen atoms in total. The average molecular weight is 483 g/mol. The molecule has 4 fully saturated rings. The number of rotatable bonds is 2. The number of allylic oxidation sites excluding steroid dienone is 2. The maximum Gasteiger partial charge on any atom is 0.339 e. The Hall–Kier alpha value is -2.41. The first-order valence-corrected chi connectivity index (χ1v) is 12.7. The van der Waals surface area contributed by atoms with E-state index in [0.717, 1.165) is 12.0 Å². The number of esters is 2. The van der Waals surface area contributed by atoms with E-state index in [-0.39, 0.29) is 29.0 Å². The monoisotopic (exact) mass is 482 g/mol. The van der Waals surface area contributed by atoms with E-state index >= 15 is 0 Å². The lowest BCUT2D eigenvalue weighted by molar-refractivity contribution is -0.253. The van der Waals surface area contributed by atoms with Gasteiger partial charge in [0.05, 0.1) is 12.5 Å². The summed E-state index contributed by atoms with van der Waals surface area (Å²) in [6, 6.07) is 1.83. The highest BCUT2D eigenvalue weighted by Gasteiger charge is 2.88. The number of hydrogen-bond donors (Lipinski definition) is 0. The summed E-state index contributed by atoms with van der Waals surface area (Å²) >= 11 is 0. The quantitative estimate of drug-likeness (QED) is 0.450. The zero-order valence-electron chi connectivity index (χ0n) is 21.3. The predicted molar refractivity (Wildman–Crippen MR) is 124 cm³/mol. The second kappa shape index (κ2) is 6.67. The molecule has 0 aromatic carbocycles. The van der Waals surface area contributed by atoms with Crippen LogP contribution in [0, 0.1) is 33.5 Å². The lowest BCUT2D eigenvalue weighted by Crippen LogP contribution is -2.73. The third kappa shape index (κ3) is 2.48. The number of furan rings is 1. The van der Waals surface area contributed by atoms with Gasteiger partial charge in [-0.3, -0.25) is 9.59 Å². The lowest BCUT2D eigenvalue weighted by atomic mass is 9.35. The van der Waals surface area contributed by atoms with Gasteiger partial charge in [0.25, 0.3) is 0 Å². The van der Waals surface area contributed by atoms with E-state index in [1.165, 1.54) is 6.92 Å². The van der Waals surface area contributed by atoms with Gasteiger partial charge in [0.2, 0.25) is 0 Å². The largest absolute Gasteiger partial charge is 0.472 e. The van der Waals surface area contributed by atoms with Gasteiger partial charge in [0.1, 0.15) is 17.8 Å². The van der Waals surface area contributed by atoms with Crippen LogP contribution in [-0.2, 0) is 28.6 Å². The minimum Gasteiger partial charge on any atom is -0.472 e. The summed E-state index contributed by atoms with van der Waals surface area (Å²) < 4.78 is 23.9. The number of cyclic esters (lactones) is 1. The van der Waals surface area contributed by atoms with Crippen molar-refractivity contribution in [1.82, 2.24) is 0 Å². The number of fused-ring (bicyclic) bond motifs is 3. The molecule has 0 unspecified atom stereocenters. The Morgan fingerprint density at radius 2 is 1.83 bits per heavy atom. The molecule has 1 spiro atoms. The van der Waals surface area contributed by atoms with Gasteiger partial charge in [-0.1, -0.05) is 40.7 Å². The van der Waals surface area contributed by atoms with E-state index in [1.54, 1.807) is 18.6 Å². The molecule has 9 atom stereocenters. The van der Waals surface area contributed by atoms with Crippen LogP contribution in [0.25, 0.3) is 0 Å². The average Bonchev–Trinajstić information content (AvgIpc) is 3.35. The van der Waals surface area contributed by atoms with Gasteiger partial charge >= 0.3 is 11.9 Å². The van der Waals surface area contributed by atoms with E-state index in [1.807, 2.05) is 12.1 Å². The van der Waals surface area contributed by atoms with Crippen LogP contribution in [0.4, 0.5) is 0 Å². The van der Waals surface area contributed by atoms with Crippen LogP contribution in [0.5, 0.6) is 0 Å². The van der Waals surface area contributed by atoms with Gasteiger partial charge in [-0.25, -0.2) is 4.79 Å². The van der Waals surface area contributed by atoms with E-state index in [9.17, 15) is 14.4 Å². The molecule has 2 saturated heterocycles. The molecule has 2 saturated carbocycles. The van der Waals surface area contributed by atoms with Crippen molar-refractivity contribution in [1.29, 1.82) is 0 Å². The van der Waals surface area contributed by atoms with Crippen molar-refractivity contribution in [2.24, 2.45) is 33.5 Å². The summed E-state index contributed by atoms with van der Waals surface area (Å²) in [5.74, 6) is -0.794. The number of carbonyl (C=O) groups is 3. The summed E-state index contributed by atoms with van der Waals surface area (Å²) in [6.45, 7) is 12.0. The third-order valence-electron chi connectivity index (χ3n) is 10.8. The van der Waals surface area contributed by atoms with Crippen molar-refractivity contribution in [3.8, 4) is 0 Å². The molecule has 0 bridgehead atoms. The SMILES string of the molecule is CC(=O)O[C@@H]1C[C@H]2C(C)(C)C=CC(=O)[C@]2(C)[C@H]2CC[C@@]3(C)[C@@H](c4ccoc4)OC(=O)[C@H]4O[C@@]43[C@]21C. The van der Waals surface area contributed by atoms with Crippen LogP contribution in [0.2, 0.25) is 0 Å². The molecule has 1 aromatic heterocycles. The normalized spacial score (nSPS) is 49.1. The Morgan fingerprint density at radius 1 is 1.09 bits per heavy atom. The molecule has 1 aromatic rings. The van der Waals surface area contributed by atoms with E-state index in [4.69, 9.17) is 18.6 Å². The molecule has 0 N–H and O–H groups in total. The fraction of sp³-hybridized carbons (Fsp3) is 0.679. The van der Waals surface area contributed by atoms with E-state index in [0.29, 0.717) is 12.8 Å². The Balaban J connectivity index is 1.56. The molecule has 0 amide bonds. The smallest absolute Gasteiger partial charge is 0.339 e. The van der Waals surface area contributed by atoms with Crippen LogP contribution in [-0.4, -0.2) is 35.5 Å². The van der Waals surface area contributed by atoms with Gasteiger partial charge in [0, 0.05) is 28.7 Å². The minimum absolute atomic E-state index is 0.00639. The summed E-state index contributed by atoms with van der Waals surface area (Å²) in [5, 5.41) is 0. The van der Waals surface area contributed by atoms with Gasteiger partial charge in [0.15, 0.2) is 11.9 Å². The second-order valence-electron chi connectivity index (χ2n) is 12.6. The van der Waals surface area contributed by atoms with Crippen LogP contribution in [0.1, 0.15) is 72.5 Å². The molecule has 3 heterocycles. The van der Waals surface area contributed by atoms with Crippen LogP contribution in [0.3, 0.4) is 0 Å². The van der Waals surface area contributed by atoms with Crippen molar-refractivity contribution < 1.29 is 33.0 Å². The standard InChI is InChI=1S/C28H34O7/c1-15(29)33-20-13-18-24(2,3)10-8-19(30)26(18,5)17-7-11-25(4)21(16-9-12-32-14-16)34-23(31)22-28(25,35-22)27(17,20)6/h8-10,12,14,17-18,20-22H,7,11,13H2,1-6H3/t17-,18+,20-,21-,22-,25+,26-,27-,28+/m1/s1. The number of hydrogen-bond acceptors (Lipinski definition) is 7. The van der Waals surface area contributed by atoms with Crippen molar-refractivity contribution >= 4 is 17.7 Å². The van der Waals surface area contributed by atoms with E-state index in [2.05, 4.69) is 34.6 Å². The van der Waals surface area contributed by atoms with Gasteiger partial charge in [-0.05, 0) is 48.7 Å². The Morgan fingerprint density at radius 3 is 2.49 bits per heavy atom.